The summed E-state index contributed by atoms with van der Waals surface area (Å²) in [6, 6.07) is 14.2. The van der Waals surface area contributed by atoms with Gasteiger partial charge in [-0.3, -0.25) is 14.4 Å². The number of likely N-dealkylation sites (N-methyl/N-ethyl adjacent to an activating group) is 1. The lowest BCUT2D eigenvalue weighted by molar-refractivity contribution is -0.131. The van der Waals surface area contributed by atoms with E-state index in [1.165, 1.54) is 16.7 Å². The Bertz CT molecular complexity index is 943. The van der Waals surface area contributed by atoms with Crippen LogP contribution in [-0.4, -0.2) is 47.7 Å². The number of terminal acetylenes is 1. The quantitative estimate of drug-likeness (QED) is 0.577. The lowest BCUT2D eigenvalue weighted by Gasteiger charge is -2.16. The van der Waals surface area contributed by atoms with E-state index < -0.39 is 0 Å². The lowest BCUT2D eigenvalue weighted by Crippen LogP contribution is -2.36. The summed E-state index contributed by atoms with van der Waals surface area (Å²) in [5, 5.41) is 5.47. The molecule has 2 aromatic carbocycles. The molecular weight excluding hydrogens is 454 g/mol. The highest BCUT2D eigenvalue weighted by Crippen LogP contribution is 2.16. The van der Waals surface area contributed by atoms with E-state index in [-0.39, 0.29) is 35.8 Å². The fraction of sp³-hybridized carbons (Fsp3) is 0.190. The maximum Gasteiger partial charge on any atom is 0.243 e. The fourth-order valence-electron chi connectivity index (χ4n) is 2.30. The highest BCUT2D eigenvalue weighted by atomic mass is 79.9. The molecule has 0 aliphatic carbocycles. The molecule has 0 atom stereocenters. The summed E-state index contributed by atoms with van der Waals surface area (Å²) in [7, 11) is 1.54. The Labute approximate surface area is 182 Å². The molecule has 29 heavy (non-hydrogen) atoms. The van der Waals surface area contributed by atoms with Crippen LogP contribution in [0.5, 0.6) is 0 Å². The maximum absolute atomic E-state index is 12.2. The van der Waals surface area contributed by atoms with Gasteiger partial charge >= 0.3 is 0 Å². The number of anilines is 2. The van der Waals surface area contributed by atoms with Crippen LogP contribution in [0.1, 0.15) is 5.56 Å². The molecule has 0 heterocycles. The van der Waals surface area contributed by atoms with Gasteiger partial charge in [0.2, 0.25) is 17.7 Å². The van der Waals surface area contributed by atoms with Crippen LogP contribution in [0.3, 0.4) is 0 Å². The van der Waals surface area contributed by atoms with Crippen molar-refractivity contribution in [3.63, 3.8) is 0 Å². The first-order chi connectivity index (χ1) is 13.9. The van der Waals surface area contributed by atoms with Crippen LogP contribution in [0.25, 0.3) is 0 Å². The van der Waals surface area contributed by atoms with Crippen molar-refractivity contribution in [2.45, 2.75) is 0 Å². The number of hydrogen-bond donors (Lipinski definition) is 2. The summed E-state index contributed by atoms with van der Waals surface area (Å²) in [5.74, 6) is 1.97. The molecule has 0 unspecified atom stereocenters. The van der Waals surface area contributed by atoms with Crippen molar-refractivity contribution in [3.8, 4) is 12.3 Å². The number of benzene rings is 2. The van der Waals surface area contributed by atoms with Crippen LogP contribution in [0, 0.1) is 12.3 Å². The summed E-state index contributed by atoms with van der Waals surface area (Å²) in [6.45, 7) is -0.0933. The molecule has 3 amide bonds. The van der Waals surface area contributed by atoms with Gasteiger partial charge in [0.05, 0.1) is 18.1 Å². The molecule has 0 fully saturated rings. The number of carbonyl (C=O) groups excluding carboxylic acids is 3. The van der Waals surface area contributed by atoms with Crippen molar-refractivity contribution in [2.75, 3.05) is 35.7 Å². The van der Waals surface area contributed by atoms with Gasteiger partial charge in [0, 0.05) is 28.5 Å². The summed E-state index contributed by atoms with van der Waals surface area (Å²) in [5.41, 5.74) is 1.91. The van der Waals surface area contributed by atoms with Gasteiger partial charge in [-0.25, -0.2) is 0 Å². The first-order valence-electron chi connectivity index (χ1n) is 8.61. The normalized spacial score (nSPS) is 9.97. The van der Waals surface area contributed by atoms with Crippen molar-refractivity contribution in [1.29, 1.82) is 0 Å². The molecule has 6 nitrogen and oxygen atoms in total. The molecular formula is C21H20BrN3O3S. The van der Waals surface area contributed by atoms with Gasteiger partial charge in [0.15, 0.2) is 0 Å². The van der Waals surface area contributed by atoms with Crippen LogP contribution in [0.4, 0.5) is 11.4 Å². The Morgan fingerprint density at radius 1 is 1.03 bits per heavy atom. The van der Waals surface area contributed by atoms with Gasteiger partial charge in [0.25, 0.3) is 0 Å². The third kappa shape index (κ3) is 8.02. The van der Waals surface area contributed by atoms with E-state index in [0.29, 0.717) is 16.9 Å². The molecule has 0 radical (unpaired) electrons. The van der Waals surface area contributed by atoms with E-state index in [4.69, 9.17) is 6.42 Å². The number of rotatable bonds is 8. The van der Waals surface area contributed by atoms with Gasteiger partial charge in [0.1, 0.15) is 0 Å². The second-order valence-electron chi connectivity index (χ2n) is 6.07. The van der Waals surface area contributed by atoms with Crippen molar-refractivity contribution in [1.82, 2.24) is 4.90 Å². The van der Waals surface area contributed by atoms with E-state index in [0.717, 1.165) is 4.47 Å². The molecule has 0 saturated carbocycles. The Morgan fingerprint density at radius 2 is 1.69 bits per heavy atom. The zero-order valence-corrected chi connectivity index (χ0v) is 18.2. The van der Waals surface area contributed by atoms with Crippen molar-refractivity contribution < 1.29 is 14.4 Å². The molecule has 0 aromatic heterocycles. The van der Waals surface area contributed by atoms with Crippen LogP contribution in [0.15, 0.2) is 53.0 Å². The molecule has 2 rings (SSSR count). The van der Waals surface area contributed by atoms with E-state index in [1.807, 2.05) is 12.1 Å². The van der Waals surface area contributed by atoms with Crippen LogP contribution < -0.4 is 10.6 Å². The largest absolute Gasteiger partial charge is 0.336 e. The minimum atomic E-state index is -0.326. The molecule has 0 aliphatic rings. The minimum Gasteiger partial charge on any atom is -0.336 e. The standard InChI is InChI=1S/C21H20BrN3O3S/c1-3-15-6-4-8-17(10-15)23-19(26)12-25(2)21(28)14-29-13-20(27)24-18-9-5-7-16(22)11-18/h1,4-11H,12-14H2,2H3,(H,23,26)(H,24,27). The summed E-state index contributed by atoms with van der Waals surface area (Å²) >= 11 is 4.53. The van der Waals surface area contributed by atoms with Gasteiger partial charge < -0.3 is 15.5 Å². The summed E-state index contributed by atoms with van der Waals surface area (Å²) in [6.07, 6.45) is 5.34. The van der Waals surface area contributed by atoms with Gasteiger partial charge in [-0.15, -0.1) is 18.2 Å². The third-order valence-electron chi connectivity index (χ3n) is 3.69. The number of carbonyl (C=O) groups is 3. The first kappa shape index (κ1) is 22.5. The molecule has 2 N–H and O–H groups in total. The monoisotopic (exact) mass is 473 g/mol. The fourth-order valence-corrected chi connectivity index (χ4v) is 3.45. The average molecular weight is 474 g/mol. The first-order valence-corrected chi connectivity index (χ1v) is 10.6. The average Bonchev–Trinajstić information content (AvgIpc) is 2.67. The Hall–Kier alpha value is -2.76. The predicted octanol–water partition coefficient (Wildman–Crippen LogP) is 3.20. The molecule has 8 heteroatoms. The zero-order valence-electron chi connectivity index (χ0n) is 15.8. The van der Waals surface area contributed by atoms with E-state index in [2.05, 4.69) is 32.5 Å². The topological polar surface area (TPSA) is 78.5 Å². The van der Waals surface area contributed by atoms with Crippen LogP contribution >= 0.6 is 27.7 Å². The van der Waals surface area contributed by atoms with Crippen LogP contribution in [-0.2, 0) is 14.4 Å². The second-order valence-corrected chi connectivity index (χ2v) is 7.98. The van der Waals surface area contributed by atoms with E-state index in [1.54, 1.807) is 43.4 Å². The summed E-state index contributed by atoms with van der Waals surface area (Å²) < 4.78 is 0.865. The van der Waals surface area contributed by atoms with Gasteiger partial charge in [-0.05, 0) is 36.4 Å². The SMILES string of the molecule is C#Cc1cccc(NC(=O)CN(C)C(=O)CSCC(=O)Nc2cccc(Br)c2)c1. The number of nitrogens with one attached hydrogen (secondary N) is 2. The Kier molecular flexibility index (Phi) is 8.77. The number of thioether (sulfide) groups is 1. The van der Waals surface area contributed by atoms with Gasteiger partial charge in [-0.2, -0.15) is 0 Å². The van der Waals surface area contributed by atoms with E-state index >= 15 is 0 Å². The number of halogens is 1. The number of hydrogen-bond acceptors (Lipinski definition) is 4. The predicted molar refractivity (Wildman–Crippen MR) is 121 cm³/mol. The number of amides is 3. The second kappa shape index (κ2) is 11.3. The Balaban J connectivity index is 1.72. The molecule has 150 valence electrons. The van der Waals surface area contributed by atoms with Crippen molar-refractivity contribution in [2.24, 2.45) is 0 Å². The van der Waals surface area contributed by atoms with E-state index in [9.17, 15) is 14.4 Å². The smallest absolute Gasteiger partial charge is 0.243 e. The molecule has 0 bridgehead atoms. The number of nitrogens with zero attached hydrogens (tertiary/aromatic N) is 1. The zero-order chi connectivity index (χ0) is 21.2. The Morgan fingerprint density at radius 3 is 2.38 bits per heavy atom. The molecule has 0 spiro atoms. The van der Waals surface area contributed by atoms with Crippen molar-refractivity contribution >= 4 is 56.8 Å². The summed E-state index contributed by atoms with van der Waals surface area (Å²) in [4.78, 5) is 37.6. The third-order valence-corrected chi connectivity index (χ3v) is 5.10. The maximum atomic E-state index is 12.2. The van der Waals surface area contributed by atoms with Gasteiger partial charge in [-0.1, -0.05) is 34.0 Å². The lowest BCUT2D eigenvalue weighted by atomic mass is 10.2. The van der Waals surface area contributed by atoms with Crippen LogP contribution in [0.2, 0.25) is 0 Å². The molecule has 0 aliphatic heterocycles. The minimum absolute atomic E-state index is 0.0933. The van der Waals surface area contributed by atoms with Crippen molar-refractivity contribution in [3.05, 3.63) is 58.6 Å². The highest BCUT2D eigenvalue weighted by Gasteiger charge is 2.14. The highest BCUT2D eigenvalue weighted by molar-refractivity contribution is 9.10. The molecule has 2 aromatic rings. The molecule has 0 saturated heterocycles.